The number of pyridine rings is 1. The van der Waals surface area contributed by atoms with Gasteiger partial charge in [-0.15, -0.1) is 0 Å². The molecule has 0 saturated heterocycles. The van der Waals surface area contributed by atoms with E-state index in [1.807, 2.05) is 48.5 Å². The number of anilines is 1. The van der Waals surface area contributed by atoms with Crippen molar-refractivity contribution in [3.05, 3.63) is 72.4 Å². The maximum absolute atomic E-state index is 12.1. The van der Waals surface area contributed by atoms with Gasteiger partial charge in [0.05, 0.1) is 12.6 Å². The fraction of sp³-hybridized carbons (Fsp3) is 0.0526. The van der Waals surface area contributed by atoms with Crippen molar-refractivity contribution in [1.82, 2.24) is 4.98 Å². The van der Waals surface area contributed by atoms with Crippen LogP contribution in [0.5, 0.6) is 5.75 Å². The van der Waals surface area contributed by atoms with Gasteiger partial charge in [0.25, 0.3) is 0 Å². The maximum atomic E-state index is 12.1. The second-order valence-electron chi connectivity index (χ2n) is 4.98. The van der Waals surface area contributed by atoms with Crippen LogP contribution in [0.25, 0.3) is 17.0 Å². The van der Waals surface area contributed by atoms with E-state index >= 15 is 0 Å². The standard InChI is InChI=1S/C19H16N2O2/c1-23-17-9-3-8-16(13-17)21-18(22)11-10-15-6-2-5-14-7-4-12-20-19(14)15/h2-13H,1H3,(H,21,22)/b11-10+. The molecular weight excluding hydrogens is 288 g/mol. The summed E-state index contributed by atoms with van der Waals surface area (Å²) in [5.41, 5.74) is 2.47. The molecule has 114 valence electrons. The molecule has 1 heterocycles. The highest BCUT2D eigenvalue weighted by Gasteiger charge is 2.01. The number of hydrogen-bond donors (Lipinski definition) is 1. The summed E-state index contributed by atoms with van der Waals surface area (Å²) in [6.07, 6.45) is 5.02. The molecule has 1 amide bonds. The second kappa shape index (κ2) is 6.75. The van der Waals surface area contributed by atoms with Crippen LogP contribution in [-0.4, -0.2) is 18.0 Å². The van der Waals surface area contributed by atoms with E-state index in [4.69, 9.17) is 4.74 Å². The summed E-state index contributed by atoms with van der Waals surface area (Å²) in [6, 6.07) is 17.0. The first-order chi connectivity index (χ1) is 11.3. The second-order valence-corrected chi connectivity index (χ2v) is 4.98. The SMILES string of the molecule is COc1cccc(NC(=O)/C=C/c2cccc3cccnc23)c1. The van der Waals surface area contributed by atoms with E-state index in [-0.39, 0.29) is 5.91 Å². The number of amides is 1. The Bertz CT molecular complexity index is 867. The third kappa shape index (κ3) is 3.55. The Morgan fingerprint density at radius 3 is 2.83 bits per heavy atom. The van der Waals surface area contributed by atoms with Gasteiger partial charge in [-0.2, -0.15) is 0 Å². The topological polar surface area (TPSA) is 51.2 Å². The molecule has 2 aromatic carbocycles. The molecule has 0 aliphatic carbocycles. The third-order valence-corrected chi connectivity index (χ3v) is 3.42. The first kappa shape index (κ1) is 14.8. The number of hydrogen-bond acceptors (Lipinski definition) is 3. The zero-order chi connectivity index (χ0) is 16.1. The summed E-state index contributed by atoms with van der Waals surface area (Å²) in [7, 11) is 1.59. The first-order valence-corrected chi connectivity index (χ1v) is 7.23. The summed E-state index contributed by atoms with van der Waals surface area (Å²) in [4.78, 5) is 16.4. The normalized spacial score (nSPS) is 10.8. The maximum Gasteiger partial charge on any atom is 0.248 e. The fourth-order valence-corrected chi connectivity index (χ4v) is 2.31. The zero-order valence-electron chi connectivity index (χ0n) is 12.7. The molecule has 0 saturated carbocycles. The summed E-state index contributed by atoms with van der Waals surface area (Å²) >= 11 is 0. The largest absolute Gasteiger partial charge is 0.497 e. The smallest absolute Gasteiger partial charge is 0.248 e. The molecule has 0 aliphatic heterocycles. The lowest BCUT2D eigenvalue weighted by atomic mass is 10.1. The van der Waals surface area contributed by atoms with Crippen LogP contribution >= 0.6 is 0 Å². The fourth-order valence-electron chi connectivity index (χ4n) is 2.31. The third-order valence-electron chi connectivity index (χ3n) is 3.42. The molecule has 1 N–H and O–H groups in total. The van der Waals surface area contributed by atoms with Crippen molar-refractivity contribution in [3.63, 3.8) is 0 Å². The van der Waals surface area contributed by atoms with Gasteiger partial charge in [-0.1, -0.05) is 30.3 Å². The summed E-state index contributed by atoms with van der Waals surface area (Å²) < 4.78 is 5.14. The van der Waals surface area contributed by atoms with Crippen LogP contribution in [0.3, 0.4) is 0 Å². The van der Waals surface area contributed by atoms with Gasteiger partial charge in [-0.3, -0.25) is 9.78 Å². The van der Waals surface area contributed by atoms with E-state index in [0.29, 0.717) is 11.4 Å². The lowest BCUT2D eigenvalue weighted by Crippen LogP contribution is -2.07. The van der Waals surface area contributed by atoms with Gasteiger partial charge in [0.1, 0.15) is 5.75 Å². The highest BCUT2D eigenvalue weighted by Crippen LogP contribution is 2.18. The number of nitrogens with zero attached hydrogens (tertiary/aromatic N) is 1. The van der Waals surface area contributed by atoms with E-state index in [1.54, 1.807) is 25.4 Å². The van der Waals surface area contributed by atoms with Crippen molar-refractivity contribution >= 4 is 28.6 Å². The number of aromatic nitrogens is 1. The minimum Gasteiger partial charge on any atom is -0.497 e. The highest BCUT2D eigenvalue weighted by atomic mass is 16.5. The number of para-hydroxylation sites is 1. The van der Waals surface area contributed by atoms with E-state index in [2.05, 4.69) is 10.3 Å². The molecule has 0 bridgehead atoms. The lowest BCUT2D eigenvalue weighted by molar-refractivity contribution is -0.111. The van der Waals surface area contributed by atoms with Crippen LogP contribution < -0.4 is 10.1 Å². The van der Waals surface area contributed by atoms with Crippen molar-refractivity contribution in [1.29, 1.82) is 0 Å². The number of fused-ring (bicyclic) bond motifs is 1. The molecule has 0 spiro atoms. The van der Waals surface area contributed by atoms with Crippen molar-refractivity contribution < 1.29 is 9.53 Å². The number of benzene rings is 2. The van der Waals surface area contributed by atoms with Crippen LogP contribution in [0.4, 0.5) is 5.69 Å². The molecule has 4 heteroatoms. The van der Waals surface area contributed by atoms with Gasteiger partial charge in [0.15, 0.2) is 0 Å². The molecule has 0 radical (unpaired) electrons. The number of carbonyl (C=O) groups is 1. The predicted octanol–water partition coefficient (Wildman–Crippen LogP) is 3.90. The van der Waals surface area contributed by atoms with Crippen molar-refractivity contribution in [3.8, 4) is 5.75 Å². The average Bonchev–Trinajstić information content (AvgIpc) is 2.60. The Labute approximate surface area is 134 Å². The monoisotopic (exact) mass is 304 g/mol. The summed E-state index contributed by atoms with van der Waals surface area (Å²) in [5, 5.41) is 3.85. The first-order valence-electron chi connectivity index (χ1n) is 7.23. The molecule has 0 aliphatic rings. The van der Waals surface area contributed by atoms with Gasteiger partial charge in [-0.25, -0.2) is 0 Å². The van der Waals surface area contributed by atoms with Crippen LogP contribution in [-0.2, 0) is 4.79 Å². The zero-order valence-corrected chi connectivity index (χ0v) is 12.7. The van der Waals surface area contributed by atoms with E-state index in [1.165, 1.54) is 6.08 Å². The van der Waals surface area contributed by atoms with Crippen LogP contribution in [0.2, 0.25) is 0 Å². The number of rotatable bonds is 4. The Balaban J connectivity index is 1.77. The Hall–Kier alpha value is -3.14. The predicted molar refractivity (Wildman–Crippen MR) is 92.4 cm³/mol. The molecule has 0 unspecified atom stereocenters. The highest BCUT2D eigenvalue weighted by molar-refractivity contribution is 6.03. The number of ether oxygens (including phenoxy) is 1. The average molecular weight is 304 g/mol. The van der Waals surface area contributed by atoms with Crippen molar-refractivity contribution in [2.24, 2.45) is 0 Å². The Morgan fingerprint density at radius 2 is 1.96 bits per heavy atom. The molecule has 0 atom stereocenters. The van der Waals surface area contributed by atoms with Crippen LogP contribution in [0.15, 0.2) is 66.9 Å². The summed E-state index contributed by atoms with van der Waals surface area (Å²) in [6.45, 7) is 0. The van der Waals surface area contributed by atoms with E-state index in [9.17, 15) is 4.79 Å². The molecule has 4 nitrogen and oxygen atoms in total. The van der Waals surface area contributed by atoms with Crippen molar-refractivity contribution in [2.75, 3.05) is 12.4 Å². The molecule has 1 aromatic heterocycles. The molecular formula is C19H16N2O2. The van der Waals surface area contributed by atoms with E-state index < -0.39 is 0 Å². The lowest BCUT2D eigenvalue weighted by Gasteiger charge is -2.05. The number of methoxy groups -OCH3 is 1. The van der Waals surface area contributed by atoms with E-state index in [0.717, 1.165) is 16.5 Å². The van der Waals surface area contributed by atoms with Gasteiger partial charge in [0.2, 0.25) is 5.91 Å². The van der Waals surface area contributed by atoms with Gasteiger partial charge in [-0.05, 0) is 24.3 Å². The Kier molecular flexibility index (Phi) is 4.34. The minimum atomic E-state index is -0.203. The molecule has 3 aromatic rings. The van der Waals surface area contributed by atoms with Crippen molar-refractivity contribution in [2.45, 2.75) is 0 Å². The van der Waals surface area contributed by atoms with Crippen LogP contribution in [0, 0.1) is 0 Å². The molecule has 23 heavy (non-hydrogen) atoms. The summed E-state index contributed by atoms with van der Waals surface area (Å²) in [5.74, 6) is 0.497. The van der Waals surface area contributed by atoms with Gasteiger partial charge in [0, 0.05) is 35.0 Å². The van der Waals surface area contributed by atoms with Crippen LogP contribution in [0.1, 0.15) is 5.56 Å². The Morgan fingerprint density at radius 1 is 1.13 bits per heavy atom. The molecule has 0 fully saturated rings. The van der Waals surface area contributed by atoms with Gasteiger partial charge < -0.3 is 10.1 Å². The molecule has 3 rings (SSSR count). The quantitative estimate of drug-likeness (QED) is 0.744. The van der Waals surface area contributed by atoms with Gasteiger partial charge >= 0.3 is 0 Å². The minimum absolute atomic E-state index is 0.203. The number of nitrogens with one attached hydrogen (secondary N) is 1. The number of carbonyl (C=O) groups excluding carboxylic acids is 1.